The Morgan fingerprint density at radius 2 is 1.81 bits per heavy atom. The smallest absolute Gasteiger partial charge is 0.328 e. The second-order valence-corrected chi connectivity index (χ2v) is 10.3. The summed E-state index contributed by atoms with van der Waals surface area (Å²) in [5.74, 6) is -0.341. The van der Waals surface area contributed by atoms with Crippen LogP contribution in [0.5, 0.6) is 0 Å². The highest BCUT2D eigenvalue weighted by Crippen LogP contribution is 2.35. The van der Waals surface area contributed by atoms with Crippen LogP contribution in [0, 0.1) is 25.1 Å². The summed E-state index contributed by atoms with van der Waals surface area (Å²) < 4.78 is 18.6. The van der Waals surface area contributed by atoms with E-state index in [2.05, 4.69) is 4.90 Å². The second-order valence-electron chi connectivity index (χ2n) is 9.58. The number of benzene rings is 2. The molecule has 0 saturated heterocycles. The van der Waals surface area contributed by atoms with Crippen LogP contribution < -0.4 is 9.80 Å². The first-order valence-corrected chi connectivity index (χ1v) is 11.9. The Morgan fingerprint density at radius 3 is 2.41 bits per heavy atom. The Bertz CT molecular complexity index is 967. The highest BCUT2D eigenvalue weighted by Gasteiger charge is 2.26. The first-order valence-electron chi connectivity index (χ1n) is 10.7. The SMILES string of the molecule is Cc1cc(N2CCc3cc(F)ccc3C2)cc(C)c1N(COP(O)O)C(=O)CC(C)(C)C. The lowest BCUT2D eigenvalue weighted by molar-refractivity contribution is -0.120. The Kier molecular flexibility index (Phi) is 7.56. The van der Waals surface area contributed by atoms with Crippen molar-refractivity contribution in [2.75, 3.05) is 23.1 Å². The minimum atomic E-state index is -2.57. The first kappa shape index (κ1) is 24.6. The summed E-state index contributed by atoms with van der Waals surface area (Å²) in [4.78, 5) is 35.3. The summed E-state index contributed by atoms with van der Waals surface area (Å²) in [5, 5.41) is 0. The summed E-state index contributed by atoms with van der Waals surface area (Å²) in [6.07, 6.45) is 1.07. The molecule has 0 aliphatic carbocycles. The van der Waals surface area contributed by atoms with Gasteiger partial charge < -0.3 is 14.7 Å². The number of hydrogen-bond acceptors (Lipinski definition) is 5. The number of anilines is 2. The van der Waals surface area contributed by atoms with Crippen LogP contribution >= 0.6 is 8.60 Å². The molecule has 0 unspecified atom stereocenters. The van der Waals surface area contributed by atoms with Gasteiger partial charge in [-0.3, -0.25) is 14.2 Å². The van der Waals surface area contributed by atoms with Gasteiger partial charge in [0.1, 0.15) is 12.5 Å². The lowest BCUT2D eigenvalue weighted by atomic mass is 9.91. The molecule has 0 bridgehead atoms. The van der Waals surface area contributed by atoms with E-state index in [0.29, 0.717) is 13.0 Å². The second kappa shape index (κ2) is 9.84. The number of carbonyl (C=O) groups excluding carboxylic acids is 1. The van der Waals surface area contributed by atoms with E-state index in [-0.39, 0.29) is 23.9 Å². The standard InChI is InChI=1S/C24H32FN2O4P/c1-16-10-21(26-9-8-18-12-20(25)7-6-19(18)14-26)11-17(2)23(16)27(15-31-32(29)30)22(28)13-24(3,4)5/h6-7,10-12,29-30H,8-9,13-15H2,1-5H3. The molecular weight excluding hydrogens is 430 g/mol. The van der Waals surface area contributed by atoms with Crippen LogP contribution in [0.25, 0.3) is 0 Å². The fourth-order valence-corrected chi connectivity index (χ4v) is 4.42. The van der Waals surface area contributed by atoms with Gasteiger partial charge in [-0.2, -0.15) is 0 Å². The maximum atomic E-state index is 13.5. The van der Waals surface area contributed by atoms with Crippen LogP contribution in [0.3, 0.4) is 0 Å². The van der Waals surface area contributed by atoms with Crippen molar-refractivity contribution < 1.29 is 23.5 Å². The summed E-state index contributed by atoms with van der Waals surface area (Å²) in [6, 6.07) is 9.03. The molecule has 0 aromatic heterocycles. The predicted molar refractivity (Wildman–Crippen MR) is 126 cm³/mol. The topological polar surface area (TPSA) is 73.2 Å². The van der Waals surface area contributed by atoms with Gasteiger partial charge in [-0.1, -0.05) is 26.8 Å². The van der Waals surface area contributed by atoms with Crippen LogP contribution in [0.2, 0.25) is 0 Å². The Morgan fingerprint density at radius 1 is 1.16 bits per heavy atom. The summed E-state index contributed by atoms with van der Waals surface area (Å²) >= 11 is 0. The van der Waals surface area contributed by atoms with Gasteiger partial charge in [0.05, 0.1) is 5.69 Å². The highest BCUT2D eigenvalue weighted by molar-refractivity contribution is 7.39. The van der Waals surface area contributed by atoms with Crippen molar-refractivity contribution in [2.24, 2.45) is 5.41 Å². The van der Waals surface area contributed by atoms with Crippen LogP contribution in [0.1, 0.15) is 49.4 Å². The lowest BCUT2D eigenvalue weighted by Crippen LogP contribution is -2.36. The van der Waals surface area contributed by atoms with E-state index in [9.17, 15) is 19.0 Å². The largest absolute Gasteiger partial charge is 0.367 e. The molecule has 0 spiro atoms. The number of halogens is 1. The van der Waals surface area contributed by atoms with Crippen LogP contribution in [0.15, 0.2) is 30.3 Å². The molecule has 0 atom stereocenters. The van der Waals surface area contributed by atoms with Gasteiger partial charge in [0.15, 0.2) is 0 Å². The van der Waals surface area contributed by atoms with E-state index in [0.717, 1.165) is 46.6 Å². The zero-order chi connectivity index (χ0) is 23.6. The van der Waals surface area contributed by atoms with Crippen LogP contribution in [-0.4, -0.2) is 29.0 Å². The number of nitrogens with zero attached hydrogens (tertiary/aromatic N) is 2. The van der Waals surface area contributed by atoms with Gasteiger partial charge >= 0.3 is 8.60 Å². The molecule has 0 radical (unpaired) electrons. The van der Waals surface area contributed by atoms with E-state index >= 15 is 0 Å². The molecule has 0 saturated carbocycles. The molecule has 2 aromatic carbocycles. The molecule has 2 N–H and O–H groups in total. The third-order valence-electron chi connectivity index (χ3n) is 5.58. The number of aryl methyl sites for hydroxylation is 2. The van der Waals surface area contributed by atoms with Crippen molar-refractivity contribution in [1.29, 1.82) is 0 Å². The minimum Gasteiger partial charge on any atom is -0.367 e. The van der Waals surface area contributed by atoms with Gasteiger partial charge in [0.25, 0.3) is 0 Å². The quantitative estimate of drug-likeness (QED) is 0.469. The van der Waals surface area contributed by atoms with Crippen molar-refractivity contribution >= 4 is 25.9 Å². The Labute approximate surface area is 190 Å². The van der Waals surface area contributed by atoms with Gasteiger partial charge in [-0.25, -0.2) is 4.39 Å². The highest BCUT2D eigenvalue weighted by atomic mass is 31.2. The molecule has 0 fully saturated rings. The lowest BCUT2D eigenvalue weighted by Gasteiger charge is -2.33. The molecule has 1 aliphatic rings. The number of hydrogen-bond donors (Lipinski definition) is 2. The molecule has 174 valence electrons. The predicted octanol–water partition coefficient (Wildman–Crippen LogP) is 4.96. The minimum absolute atomic E-state index is 0.137. The van der Waals surface area contributed by atoms with Crippen molar-refractivity contribution in [3.8, 4) is 0 Å². The molecule has 2 aromatic rings. The maximum absolute atomic E-state index is 13.5. The molecule has 1 aliphatic heterocycles. The van der Waals surface area contributed by atoms with Crippen molar-refractivity contribution in [3.63, 3.8) is 0 Å². The summed E-state index contributed by atoms with van der Waals surface area (Å²) in [7, 11) is -2.57. The monoisotopic (exact) mass is 462 g/mol. The molecule has 6 nitrogen and oxygen atoms in total. The number of amides is 1. The normalized spacial score (nSPS) is 14.0. The third kappa shape index (κ3) is 6.04. The van der Waals surface area contributed by atoms with E-state index in [1.54, 1.807) is 6.07 Å². The zero-order valence-corrected chi connectivity index (χ0v) is 20.2. The van der Waals surface area contributed by atoms with Gasteiger partial charge in [-0.05, 0) is 72.2 Å². The molecule has 8 heteroatoms. The van der Waals surface area contributed by atoms with Crippen LogP contribution in [0.4, 0.5) is 15.8 Å². The average molecular weight is 463 g/mol. The number of carbonyl (C=O) groups is 1. The van der Waals surface area contributed by atoms with Gasteiger partial charge in [-0.15, -0.1) is 0 Å². The summed E-state index contributed by atoms with van der Waals surface area (Å²) in [5.41, 5.74) is 5.50. The van der Waals surface area contributed by atoms with Gasteiger partial charge in [0.2, 0.25) is 5.91 Å². The number of rotatable bonds is 6. The van der Waals surface area contributed by atoms with Crippen molar-refractivity contribution in [1.82, 2.24) is 0 Å². The Balaban J connectivity index is 1.90. The van der Waals surface area contributed by atoms with Gasteiger partial charge in [0, 0.05) is 25.2 Å². The van der Waals surface area contributed by atoms with E-state index in [4.69, 9.17) is 4.52 Å². The first-order chi connectivity index (χ1) is 14.9. The third-order valence-corrected chi connectivity index (χ3v) is 5.92. The van der Waals surface area contributed by atoms with E-state index in [1.165, 1.54) is 11.0 Å². The molecule has 1 amide bonds. The fraction of sp³-hybridized carbons (Fsp3) is 0.458. The molecular formula is C24H32FN2O4P. The average Bonchev–Trinajstić information content (AvgIpc) is 2.67. The maximum Gasteiger partial charge on any atom is 0.328 e. The molecule has 3 rings (SSSR count). The summed E-state index contributed by atoms with van der Waals surface area (Å²) in [6.45, 7) is 11.1. The molecule has 1 heterocycles. The number of fused-ring (bicyclic) bond motifs is 1. The van der Waals surface area contributed by atoms with Crippen molar-refractivity contribution in [3.05, 3.63) is 58.4 Å². The van der Waals surface area contributed by atoms with E-state index < -0.39 is 8.60 Å². The fourth-order valence-electron chi connectivity index (χ4n) is 4.20. The molecule has 32 heavy (non-hydrogen) atoms. The van der Waals surface area contributed by atoms with Crippen LogP contribution in [-0.2, 0) is 22.3 Å². The Hall–Kier alpha value is -2.05. The van der Waals surface area contributed by atoms with E-state index in [1.807, 2.05) is 52.8 Å². The van der Waals surface area contributed by atoms with Crippen molar-refractivity contribution in [2.45, 2.75) is 54.0 Å². The zero-order valence-electron chi connectivity index (χ0n) is 19.4.